The van der Waals surface area contributed by atoms with E-state index in [9.17, 15) is 4.79 Å². The van der Waals surface area contributed by atoms with Crippen LogP contribution in [0.25, 0.3) is 0 Å². The van der Waals surface area contributed by atoms with Gasteiger partial charge in [-0.05, 0) is 52.3 Å². The summed E-state index contributed by atoms with van der Waals surface area (Å²) in [5, 5.41) is 6.75. The second-order valence-corrected chi connectivity index (χ2v) is 7.80. The van der Waals surface area contributed by atoms with Crippen LogP contribution in [0.1, 0.15) is 56.0 Å². The highest BCUT2D eigenvalue weighted by molar-refractivity contribution is 5.97. The highest BCUT2D eigenvalue weighted by Gasteiger charge is 2.11. The molecule has 0 aliphatic carbocycles. The molecule has 2 rings (SSSR count). The van der Waals surface area contributed by atoms with Crippen molar-refractivity contribution in [3.8, 4) is 0 Å². The first-order valence-electron chi connectivity index (χ1n) is 9.24. The third-order valence-corrected chi connectivity index (χ3v) is 4.44. The van der Waals surface area contributed by atoms with Crippen LogP contribution in [-0.2, 0) is 6.54 Å². The number of rotatable bonds is 8. The number of carbonyl (C=O) groups excluding carboxylic acids is 1. The minimum Gasteiger partial charge on any atom is -0.308 e. The lowest BCUT2D eigenvalue weighted by molar-refractivity contribution is 0.0989. The van der Waals surface area contributed by atoms with Gasteiger partial charge in [0.2, 0.25) is 0 Å². The van der Waals surface area contributed by atoms with Crippen LogP contribution in [0.3, 0.4) is 0 Å². The molecule has 0 spiro atoms. The fraction of sp³-hybridized carbons (Fsp3) is 0.650. The number of hydrogen-bond acceptors (Lipinski definition) is 4. The van der Waals surface area contributed by atoms with Crippen molar-refractivity contribution in [3.63, 3.8) is 0 Å². The first kappa shape index (κ1) is 19.1. The van der Waals surface area contributed by atoms with E-state index in [1.54, 1.807) is 0 Å². The molecule has 1 aromatic carbocycles. The summed E-state index contributed by atoms with van der Waals surface area (Å²) in [6.45, 7) is 12.1. The molecule has 4 heteroatoms. The van der Waals surface area contributed by atoms with Crippen molar-refractivity contribution in [2.45, 2.75) is 52.1 Å². The zero-order valence-electron chi connectivity index (χ0n) is 15.5. The smallest absolute Gasteiger partial charge is 0.176 e. The highest BCUT2D eigenvalue weighted by atomic mass is 16.1. The molecule has 1 aliphatic heterocycles. The van der Waals surface area contributed by atoms with E-state index >= 15 is 0 Å². The minimum atomic E-state index is 0.104. The van der Waals surface area contributed by atoms with Gasteiger partial charge in [0.05, 0.1) is 6.54 Å². The second kappa shape index (κ2) is 9.30. The fourth-order valence-electron chi connectivity index (χ4n) is 2.90. The number of nitrogens with zero attached hydrogens (tertiary/aromatic N) is 1. The fourth-order valence-corrected chi connectivity index (χ4v) is 2.90. The molecule has 0 bridgehead atoms. The number of nitrogens with one attached hydrogen (secondary N) is 2. The van der Waals surface area contributed by atoms with Crippen LogP contribution in [-0.4, -0.2) is 48.9 Å². The zero-order valence-corrected chi connectivity index (χ0v) is 15.5. The van der Waals surface area contributed by atoms with Crippen molar-refractivity contribution in [1.82, 2.24) is 15.5 Å². The Labute approximate surface area is 147 Å². The quantitative estimate of drug-likeness (QED) is 0.568. The van der Waals surface area contributed by atoms with E-state index in [1.807, 2.05) is 24.3 Å². The maximum absolute atomic E-state index is 12.2. The van der Waals surface area contributed by atoms with E-state index in [0.717, 1.165) is 25.2 Å². The summed E-state index contributed by atoms with van der Waals surface area (Å²) >= 11 is 0. The predicted molar refractivity (Wildman–Crippen MR) is 101 cm³/mol. The van der Waals surface area contributed by atoms with Gasteiger partial charge in [-0.25, -0.2) is 0 Å². The molecule has 1 aromatic rings. The lowest BCUT2D eigenvalue weighted by atomic mass is 10.1. The molecule has 2 N–H and O–H groups in total. The molecule has 4 nitrogen and oxygen atoms in total. The summed E-state index contributed by atoms with van der Waals surface area (Å²) in [7, 11) is 0. The van der Waals surface area contributed by atoms with Crippen molar-refractivity contribution in [2.75, 3.05) is 32.7 Å². The maximum Gasteiger partial charge on any atom is 0.176 e. The van der Waals surface area contributed by atoms with Gasteiger partial charge < -0.3 is 15.5 Å². The Balaban J connectivity index is 1.68. The largest absolute Gasteiger partial charge is 0.308 e. The Morgan fingerprint density at radius 2 is 1.75 bits per heavy atom. The summed E-state index contributed by atoms with van der Waals surface area (Å²) in [6.07, 6.45) is 3.99. The second-order valence-electron chi connectivity index (χ2n) is 7.80. The number of hydrogen-bond donors (Lipinski definition) is 2. The summed E-state index contributed by atoms with van der Waals surface area (Å²) in [5.74, 6) is 0.170. The molecular weight excluding hydrogens is 298 g/mol. The predicted octanol–water partition coefficient (Wildman–Crippen LogP) is 2.83. The van der Waals surface area contributed by atoms with Crippen LogP contribution >= 0.6 is 0 Å². The normalized spacial score (nSPS) is 16.3. The number of likely N-dealkylation sites (tertiary alicyclic amines) is 1. The van der Waals surface area contributed by atoms with Crippen LogP contribution in [0, 0.1) is 0 Å². The lowest BCUT2D eigenvalue weighted by Crippen LogP contribution is -2.37. The van der Waals surface area contributed by atoms with Gasteiger partial charge in [0.1, 0.15) is 0 Å². The molecule has 1 saturated heterocycles. The van der Waals surface area contributed by atoms with E-state index in [2.05, 4.69) is 36.3 Å². The average molecular weight is 332 g/mol. The Morgan fingerprint density at radius 1 is 1.08 bits per heavy atom. The Kier molecular flexibility index (Phi) is 7.40. The first-order valence-corrected chi connectivity index (χ1v) is 9.24. The molecule has 1 aliphatic rings. The molecule has 0 atom stereocenters. The molecule has 0 unspecified atom stereocenters. The van der Waals surface area contributed by atoms with E-state index < -0.39 is 0 Å². The summed E-state index contributed by atoms with van der Waals surface area (Å²) in [6, 6.07) is 7.96. The topological polar surface area (TPSA) is 44.4 Å². The molecule has 1 fully saturated rings. The average Bonchev–Trinajstić information content (AvgIpc) is 2.57. The lowest BCUT2D eigenvalue weighted by Gasteiger charge is -2.26. The molecular formula is C20H33N3O. The molecule has 24 heavy (non-hydrogen) atoms. The van der Waals surface area contributed by atoms with Crippen LogP contribution < -0.4 is 10.6 Å². The maximum atomic E-state index is 12.2. The van der Waals surface area contributed by atoms with Gasteiger partial charge in [-0.15, -0.1) is 0 Å². The minimum absolute atomic E-state index is 0.104. The van der Waals surface area contributed by atoms with Gasteiger partial charge in [0, 0.05) is 30.7 Å². The van der Waals surface area contributed by atoms with Crippen molar-refractivity contribution in [2.24, 2.45) is 0 Å². The Bertz CT molecular complexity index is 499. The number of benzene rings is 1. The number of ketones is 1. The summed E-state index contributed by atoms with van der Waals surface area (Å²) in [5.41, 5.74) is 2.10. The van der Waals surface area contributed by atoms with Crippen LogP contribution in [0.2, 0.25) is 0 Å². The summed E-state index contributed by atoms with van der Waals surface area (Å²) in [4.78, 5) is 14.7. The van der Waals surface area contributed by atoms with Crippen LogP contribution in [0.15, 0.2) is 24.3 Å². The zero-order chi connectivity index (χ0) is 17.4. The van der Waals surface area contributed by atoms with Gasteiger partial charge >= 0.3 is 0 Å². The van der Waals surface area contributed by atoms with Gasteiger partial charge in [0.25, 0.3) is 0 Å². The summed E-state index contributed by atoms with van der Waals surface area (Å²) < 4.78 is 0. The van der Waals surface area contributed by atoms with Gasteiger partial charge in [-0.3, -0.25) is 4.79 Å². The van der Waals surface area contributed by atoms with E-state index in [1.165, 1.54) is 37.9 Å². The number of Topliss-reactive ketones (excluding diaryl/α,β-unsaturated/α-hetero) is 1. The van der Waals surface area contributed by atoms with Crippen molar-refractivity contribution in [3.05, 3.63) is 35.4 Å². The SMILES string of the molecule is CC(C)(C)NCc1ccc(C(=O)CNCCN2CCCCC2)cc1. The van der Waals surface area contributed by atoms with Crippen LogP contribution in [0.5, 0.6) is 0 Å². The Hall–Kier alpha value is -1.23. The monoisotopic (exact) mass is 331 g/mol. The van der Waals surface area contributed by atoms with E-state index in [-0.39, 0.29) is 11.3 Å². The first-order chi connectivity index (χ1) is 11.4. The number of piperidine rings is 1. The van der Waals surface area contributed by atoms with E-state index in [0.29, 0.717) is 6.54 Å². The third-order valence-electron chi connectivity index (χ3n) is 4.44. The molecule has 0 amide bonds. The molecule has 0 radical (unpaired) electrons. The highest BCUT2D eigenvalue weighted by Crippen LogP contribution is 2.08. The molecule has 0 saturated carbocycles. The van der Waals surface area contributed by atoms with Gasteiger partial charge in [0.15, 0.2) is 5.78 Å². The standard InChI is InChI=1S/C20H33N3O/c1-20(2,3)22-15-17-7-9-18(10-8-17)19(24)16-21-11-14-23-12-5-4-6-13-23/h7-10,21-22H,4-6,11-16H2,1-3H3. The van der Waals surface area contributed by atoms with Gasteiger partial charge in [-0.2, -0.15) is 0 Å². The van der Waals surface area contributed by atoms with Gasteiger partial charge in [-0.1, -0.05) is 30.7 Å². The Morgan fingerprint density at radius 3 is 2.38 bits per heavy atom. The number of carbonyl (C=O) groups is 1. The molecule has 134 valence electrons. The van der Waals surface area contributed by atoms with E-state index in [4.69, 9.17) is 0 Å². The molecule has 1 heterocycles. The van der Waals surface area contributed by atoms with Crippen LogP contribution in [0.4, 0.5) is 0 Å². The van der Waals surface area contributed by atoms with Crippen molar-refractivity contribution in [1.29, 1.82) is 0 Å². The third kappa shape index (κ3) is 7.12. The van der Waals surface area contributed by atoms with Crippen molar-refractivity contribution >= 4 is 5.78 Å². The molecule has 0 aromatic heterocycles. The van der Waals surface area contributed by atoms with Crippen molar-refractivity contribution < 1.29 is 4.79 Å².